The van der Waals surface area contributed by atoms with Crippen molar-refractivity contribution in [3.63, 3.8) is 0 Å². The number of aromatic nitrogens is 2. The van der Waals surface area contributed by atoms with Crippen LogP contribution in [0.4, 0.5) is 4.79 Å². The van der Waals surface area contributed by atoms with Crippen LogP contribution in [0.15, 0.2) is 40.8 Å². The van der Waals surface area contributed by atoms with E-state index >= 15 is 0 Å². The van der Waals surface area contributed by atoms with Gasteiger partial charge in [-0.25, -0.2) is 4.79 Å². The van der Waals surface area contributed by atoms with E-state index in [0.717, 1.165) is 5.56 Å². The number of aryl methyl sites for hydroxylation is 1. The zero-order valence-corrected chi connectivity index (χ0v) is 13.7. The van der Waals surface area contributed by atoms with Crippen LogP contribution in [0, 0.1) is 6.92 Å². The van der Waals surface area contributed by atoms with E-state index in [9.17, 15) is 4.79 Å². The highest BCUT2D eigenvalue weighted by Gasteiger charge is 2.12. The van der Waals surface area contributed by atoms with Gasteiger partial charge in [0.25, 0.3) is 0 Å². The molecule has 0 unspecified atom stereocenters. The monoisotopic (exact) mass is 330 g/mol. The summed E-state index contributed by atoms with van der Waals surface area (Å²) in [7, 11) is 0. The molecule has 128 valence electrons. The fraction of sp³-hybridized carbons (Fsp3) is 0.353. The molecule has 0 radical (unpaired) electrons. The summed E-state index contributed by atoms with van der Waals surface area (Å²) in [5, 5.41) is 19.3. The van der Waals surface area contributed by atoms with E-state index in [2.05, 4.69) is 15.5 Å². The van der Waals surface area contributed by atoms with Gasteiger partial charge in [0.15, 0.2) is 0 Å². The van der Waals surface area contributed by atoms with Crippen molar-refractivity contribution in [1.82, 2.24) is 20.4 Å². The van der Waals surface area contributed by atoms with Crippen molar-refractivity contribution >= 4 is 12.1 Å². The van der Waals surface area contributed by atoms with E-state index in [1.807, 2.05) is 42.5 Å². The minimum atomic E-state index is -0.239. The topological polar surface area (TPSA) is 91.5 Å². The number of hydrogen-bond acceptors (Lipinski definition) is 5. The number of urea groups is 1. The first kappa shape index (κ1) is 17.7. The zero-order chi connectivity index (χ0) is 17.2. The Balaban J connectivity index is 1.88. The number of hydrogen-bond donors (Lipinski definition) is 2. The average Bonchev–Trinajstić information content (AvgIpc) is 3.02. The number of amides is 2. The second-order valence-electron chi connectivity index (χ2n) is 5.21. The zero-order valence-electron chi connectivity index (χ0n) is 13.7. The van der Waals surface area contributed by atoms with E-state index in [1.165, 1.54) is 0 Å². The van der Waals surface area contributed by atoms with Crippen LogP contribution < -0.4 is 5.32 Å². The molecule has 1 aromatic carbocycles. The van der Waals surface area contributed by atoms with E-state index in [4.69, 9.17) is 9.52 Å². The van der Waals surface area contributed by atoms with E-state index < -0.39 is 0 Å². The highest BCUT2D eigenvalue weighted by molar-refractivity contribution is 5.74. The van der Waals surface area contributed by atoms with Gasteiger partial charge < -0.3 is 19.7 Å². The molecule has 2 amide bonds. The van der Waals surface area contributed by atoms with Crippen LogP contribution in [0.25, 0.3) is 6.08 Å². The van der Waals surface area contributed by atoms with Crippen LogP contribution in [-0.4, -0.2) is 45.9 Å². The van der Waals surface area contributed by atoms with E-state index in [0.29, 0.717) is 31.3 Å². The van der Waals surface area contributed by atoms with Crippen molar-refractivity contribution < 1.29 is 14.3 Å². The summed E-state index contributed by atoms with van der Waals surface area (Å²) in [6.45, 7) is 2.82. The quantitative estimate of drug-likeness (QED) is 0.772. The fourth-order valence-corrected chi connectivity index (χ4v) is 2.09. The van der Waals surface area contributed by atoms with Crippen molar-refractivity contribution in [3.05, 3.63) is 53.8 Å². The minimum Gasteiger partial charge on any atom is -0.424 e. The Morgan fingerprint density at radius 3 is 2.79 bits per heavy atom. The summed E-state index contributed by atoms with van der Waals surface area (Å²) in [6, 6.07) is 9.62. The number of carbonyl (C=O) groups is 1. The summed E-state index contributed by atoms with van der Waals surface area (Å²) < 4.78 is 5.22. The molecule has 0 spiro atoms. The van der Waals surface area contributed by atoms with Gasteiger partial charge in [-0.3, -0.25) is 0 Å². The molecule has 0 fully saturated rings. The largest absolute Gasteiger partial charge is 0.424 e. The third-order valence-corrected chi connectivity index (χ3v) is 3.27. The van der Waals surface area contributed by atoms with Crippen molar-refractivity contribution in [2.75, 3.05) is 19.7 Å². The Labute approximate surface area is 141 Å². The van der Waals surface area contributed by atoms with Crippen LogP contribution >= 0.6 is 0 Å². The van der Waals surface area contributed by atoms with Crippen molar-refractivity contribution in [2.24, 2.45) is 0 Å². The molecule has 0 aliphatic heterocycles. The van der Waals surface area contributed by atoms with Gasteiger partial charge in [-0.05, 0) is 12.0 Å². The van der Waals surface area contributed by atoms with E-state index in [-0.39, 0.29) is 19.2 Å². The lowest BCUT2D eigenvalue weighted by atomic mass is 10.2. The molecule has 2 aromatic rings. The third kappa shape index (κ3) is 5.85. The molecule has 2 rings (SSSR count). The molecule has 0 saturated carbocycles. The molecule has 7 heteroatoms. The molecule has 2 N–H and O–H groups in total. The molecule has 24 heavy (non-hydrogen) atoms. The first-order chi connectivity index (χ1) is 11.7. The first-order valence-electron chi connectivity index (χ1n) is 7.83. The van der Waals surface area contributed by atoms with Crippen molar-refractivity contribution in [1.29, 1.82) is 0 Å². The highest BCUT2D eigenvalue weighted by Crippen LogP contribution is 2.03. The van der Waals surface area contributed by atoms with Gasteiger partial charge >= 0.3 is 6.03 Å². The lowest BCUT2D eigenvalue weighted by molar-refractivity contribution is 0.194. The second kappa shape index (κ2) is 9.46. The minimum absolute atomic E-state index is 0.0367. The molecule has 0 saturated heterocycles. The molecule has 0 atom stereocenters. The lowest BCUT2D eigenvalue weighted by Crippen LogP contribution is -2.40. The summed E-state index contributed by atoms with van der Waals surface area (Å²) >= 11 is 0. The summed E-state index contributed by atoms with van der Waals surface area (Å²) in [5.74, 6) is 0.824. The summed E-state index contributed by atoms with van der Waals surface area (Å²) in [6.07, 6.45) is 4.40. The first-order valence-corrected chi connectivity index (χ1v) is 7.83. The molecular formula is C17H22N4O3. The Kier molecular flexibility index (Phi) is 6.97. The molecule has 0 bridgehead atoms. The highest BCUT2D eigenvalue weighted by atomic mass is 16.4. The number of nitrogens with one attached hydrogen (secondary N) is 1. The van der Waals surface area contributed by atoms with Crippen LogP contribution in [-0.2, 0) is 6.54 Å². The number of benzene rings is 1. The van der Waals surface area contributed by atoms with Crippen LogP contribution in [0.5, 0.6) is 0 Å². The fourth-order valence-electron chi connectivity index (χ4n) is 2.09. The number of aliphatic hydroxyl groups excluding tert-OH is 1. The molecule has 1 aromatic heterocycles. The second-order valence-corrected chi connectivity index (χ2v) is 5.21. The summed E-state index contributed by atoms with van der Waals surface area (Å²) in [4.78, 5) is 13.9. The van der Waals surface area contributed by atoms with Crippen LogP contribution in [0.1, 0.15) is 23.8 Å². The molecule has 0 aliphatic rings. The predicted molar refractivity (Wildman–Crippen MR) is 90.0 cm³/mol. The molecule has 0 aliphatic carbocycles. The standard InChI is InChI=1S/C17H22N4O3/c1-14-19-20-16(24-14)13-18-17(23)21(11-6-12-22)10-5-9-15-7-3-2-4-8-15/h2-5,7-9,22H,6,10-13H2,1H3,(H,18,23)/b9-5+. The number of aliphatic hydroxyl groups is 1. The Morgan fingerprint density at radius 1 is 1.33 bits per heavy atom. The average molecular weight is 330 g/mol. The molecule has 7 nitrogen and oxygen atoms in total. The van der Waals surface area contributed by atoms with Crippen LogP contribution in [0.3, 0.4) is 0 Å². The van der Waals surface area contributed by atoms with Gasteiger partial charge in [0.2, 0.25) is 11.8 Å². The Hall–Kier alpha value is -2.67. The number of rotatable bonds is 8. The number of carbonyl (C=O) groups excluding carboxylic acids is 1. The van der Waals surface area contributed by atoms with Crippen LogP contribution in [0.2, 0.25) is 0 Å². The predicted octanol–water partition coefficient (Wildman–Crippen LogP) is 1.99. The van der Waals surface area contributed by atoms with Crippen molar-refractivity contribution in [2.45, 2.75) is 19.9 Å². The SMILES string of the molecule is Cc1nnc(CNC(=O)N(C/C=C/c2ccccc2)CCCO)o1. The third-order valence-electron chi connectivity index (χ3n) is 3.27. The maximum absolute atomic E-state index is 12.3. The summed E-state index contributed by atoms with van der Waals surface area (Å²) in [5.41, 5.74) is 1.07. The van der Waals surface area contributed by atoms with Gasteiger partial charge in [0.1, 0.15) is 0 Å². The maximum atomic E-state index is 12.3. The van der Waals surface area contributed by atoms with E-state index in [1.54, 1.807) is 11.8 Å². The van der Waals surface area contributed by atoms with Gasteiger partial charge in [-0.2, -0.15) is 0 Å². The van der Waals surface area contributed by atoms with Gasteiger partial charge in [-0.15, -0.1) is 10.2 Å². The normalized spacial score (nSPS) is 10.9. The van der Waals surface area contributed by atoms with Gasteiger partial charge in [0.05, 0.1) is 6.54 Å². The van der Waals surface area contributed by atoms with Gasteiger partial charge in [0, 0.05) is 26.6 Å². The number of nitrogens with zero attached hydrogens (tertiary/aromatic N) is 3. The van der Waals surface area contributed by atoms with Crippen molar-refractivity contribution in [3.8, 4) is 0 Å². The smallest absolute Gasteiger partial charge is 0.318 e. The lowest BCUT2D eigenvalue weighted by Gasteiger charge is -2.20. The Morgan fingerprint density at radius 2 is 2.12 bits per heavy atom. The molecule has 1 heterocycles. The maximum Gasteiger partial charge on any atom is 0.318 e. The molecular weight excluding hydrogens is 308 g/mol. The van der Waals surface area contributed by atoms with Gasteiger partial charge in [-0.1, -0.05) is 42.5 Å². The Bertz CT molecular complexity index is 655.